The molecule has 5 nitrogen and oxygen atoms in total. The van der Waals surface area contributed by atoms with Gasteiger partial charge in [-0.2, -0.15) is 0 Å². The minimum Gasteiger partial charge on any atom is -0.321 e. The van der Waals surface area contributed by atoms with Gasteiger partial charge in [-0.25, -0.2) is 17.5 Å². The summed E-state index contributed by atoms with van der Waals surface area (Å²) < 4.78 is 42.2. The maximum atomic E-state index is 14.4. The van der Waals surface area contributed by atoms with Gasteiger partial charge in [0.25, 0.3) is 5.91 Å². The highest BCUT2D eigenvalue weighted by atomic mass is 32.2. The highest BCUT2D eigenvalue weighted by Gasteiger charge is 2.20. The average Bonchev–Trinajstić information content (AvgIpc) is 2.75. The second-order valence-corrected chi connectivity index (χ2v) is 8.96. The molecule has 0 aliphatic carbocycles. The Kier molecular flexibility index (Phi) is 7.20. The van der Waals surface area contributed by atoms with Gasteiger partial charge in [-0.1, -0.05) is 55.5 Å². The van der Waals surface area contributed by atoms with E-state index in [0.29, 0.717) is 18.5 Å². The van der Waals surface area contributed by atoms with Crippen molar-refractivity contribution in [1.82, 2.24) is 4.72 Å². The first-order valence-electron chi connectivity index (χ1n) is 10.0. The van der Waals surface area contributed by atoms with Crippen LogP contribution in [0.4, 0.5) is 10.1 Å². The summed E-state index contributed by atoms with van der Waals surface area (Å²) in [6, 6.07) is 18.3. The number of aryl methyl sites for hydroxylation is 2. The van der Waals surface area contributed by atoms with Crippen molar-refractivity contribution in [2.24, 2.45) is 0 Å². The molecule has 0 radical (unpaired) electrons. The predicted molar refractivity (Wildman–Crippen MR) is 120 cm³/mol. The Bertz CT molecular complexity index is 1180. The van der Waals surface area contributed by atoms with Gasteiger partial charge < -0.3 is 5.32 Å². The first kappa shape index (κ1) is 22.7. The Hall–Kier alpha value is -3.03. The van der Waals surface area contributed by atoms with Gasteiger partial charge >= 0.3 is 0 Å². The number of amides is 1. The topological polar surface area (TPSA) is 75.3 Å². The van der Waals surface area contributed by atoms with Crippen LogP contribution in [0.5, 0.6) is 0 Å². The molecule has 0 bridgehead atoms. The van der Waals surface area contributed by atoms with Crippen molar-refractivity contribution >= 4 is 21.6 Å². The standard InChI is InChI=1S/C24H25FN2O3S/c1-3-19-11-7-8-17(2)23(19)27-24(28)21-16-20(12-13-22(21)25)31(29,30)26-15-14-18-9-5-4-6-10-18/h4-13,16,26H,3,14-15H2,1-2H3,(H,27,28). The molecule has 3 rings (SSSR count). The van der Waals surface area contributed by atoms with Gasteiger partial charge in [0.1, 0.15) is 5.82 Å². The number of benzene rings is 3. The molecule has 2 N–H and O–H groups in total. The number of sulfonamides is 1. The molecule has 3 aromatic rings. The SMILES string of the molecule is CCc1cccc(C)c1NC(=O)c1cc(S(=O)(=O)NCCc2ccccc2)ccc1F. The lowest BCUT2D eigenvalue weighted by atomic mass is 10.1. The van der Waals surface area contributed by atoms with Gasteiger partial charge in [0, 0.05) is 12.2 Å². The summed E-state index contributed by atoms with van der Waals surface area (Å²) in [5.41, 5.74) is 3.05. The largest absolute Gasteiger partial charge is 0.321 e. The third-order valence-electron chi connectivity index (χ3n) is 5.02. The quantitative estimate of drug-likeness (QED) is 0.543. The van der Waals surface area contributed by atoms with E-state index in [0.717, 1.165) is 34.9 Å². The molecule has 0 aromatic heterocycles. The minimum atomic E-state index is -3.89. The molecule has 1 amide bonds. The van der Waals surface area contributed by atoms with E-state index in [2.05, 4.69) is 10.0 Å². The van der Waals surface area contributed by atoms with E-state index >= 15 is 0 Å². The normalized spacial score (nSPS) is 11.3. The van der Waals surface area contributed by atoms with E-state index in [1.807, 2.05) is 62.4 Å². The van der Waals surface area contributed by atoms with Crippen LogP contribution < -0.4 is 10.0 Å². The Morgan fingerprint density at radius 1 is 1.00 bits per heavy atom. The predicted octanol–water partition coefficient (Wildman–Crippen LogP) is 4.47. The Balaban J connectivity index is 1.78. The zero-order valence-corrected chi connectivity index (χ0v) is 18.3. The van der Waals surface area contributed by atoms with Crippen LogP contribution in [0.15, 0.2) is 71.6 Å². The molecule has 31 heavy (non-hydrogen) atoms. The number of nitrogens with one attached hydrogen (secondary N) is 2. The number of hydrogen-bond donors (Lipinski definition) is 2. The average molecular weight is 441 g/mol. The van der Waals surface area contributed by atoms with Crippen molar-refractivity contribution < 1.29 is 17.6 Å². The van der Waals surface area contributed by atoms with E-state index < -0.39 is 21.7 Å². The molecule has 162 valence electrons. The second-order valence-electron chi connectivity index (χ2n) is 7.19. The number of para-hydroxylation sites is 1. The van der Waals surface area contributed by atoms with Crippen molar-refractivity contribution in [2.45, 2.75) is 31.6 Å². The number of carbonyl (C=O) groups excluding carboxylic acids is 1. The van der Waals surface area contributed by atoms with Crippen molar-refractivity contribution in [3.05, 3.63) is 94.8 Å². The molecule has 0 saturated carbocycles. The van der Waals surface area contributed by atoms with E-state index in [1.54, 1.807) is 0 Å². The van der Waals surface area contributed by atoms with Crippen molar-refractivity contribution in [2.75, 3.05) is 11.9 Å². The molecular formula is C24H25FN2O3S. The molecule has 0 aliphatic heterocycles. The van der Waals surface area contributed by atoms with E-state index in [9.17, 15) is 17.6 Å². The van der Waals surface area contributed by atoms with Crippen LogP contribution in [-0.4, -0.2) is 20.9 Å². The van der Waals surface area contributed by atoms with Crippen molar-refractivity contribution in [3.63, 3.8) is 0 Å². The maximum Gasteiger partial charge on any atom is 0.258 e. The molecule has 0 heterocycles. The van der Waals surface area contributed by atoms with Crippen LogP contribution in [0.3, 0.4) is 0 Å². The maximum absolute atomic E-state index is 14.4. The summed E-state index contributed by atoms with van der Waals surface area (Å²) in [5, 5.41) is 2.74. The number of halogens is 1. The van der Waals surface area contributed by atoms with Gasteiger partial charge in [0.2, 0.25) is 10.0 Å². The Labute approximate surface area is 182 Å². The van der Waals surface area contributed by atoms with Crippen LogP contribution in [0.25, 0.3) is 0 Å². The monoisotopic (exact) mass is 440 g/mol. The zero-order valence-electron chi connectivity index (χ0n) is 17.5. The van der Waals surface area contributed by atoms with E-state index in [4.69, 9.17) is 0 Å². The fourth-order valence-corrected chi connectivity index (χ4v) is 4.34. The number of hydrogen-bond acceptors (Lipinski definition) is 3. The minimum absolute atomic E-state index is 0.160. The second kappa shape index (κ2) is 9.85. The summed E-state index contributed by atoms with van der Waals surface area (Å²) in [6.45, 7) is 4.00. The number of rotatable bonds is 8. The van der Waals surface area contributed by atoms with Crippen LogP contribution in [0.1, 0.15) is 34.0 Å². The summed E-state index contributed by atoms with van der Waals surface area (Å²) in [4.78, 5) is 12.6. The van der Waals surface area contributed by atoms with Gasteiger partial charge in [0.05, 0.1) is 10.5 Å². The molecule has 3 aromatic carbocycles. The van der Waals surface area contributed by atoms with Crippen molar-refractivity contribution in [3.8, 4) is 0 Å². The summed E-state index contributed by atoms with van der Waals surface area (Å²) in [6.07, 6.45) is 1.21. The summed E-state index contributed by atoms with van der Waals surface area (Å²) in [5.74, 6) is -1.48. The smallest absolute Gasteiger partial charge is 0.258 e. The Morgan fingerprint density at radius 3 is 2.45 bits per heavy atom. The third kappa shape index (κ3) is 5.57. The molecule has 0 aliphatic rings. The molecule has 0 saturated heterocycles. The fourth-order valence-electron chi connectivity index (χ4n) is 3.29. The number of carbonyl (C=O) groups is 1. The first-order chi connectivity index (χ1) is 14.8. The zero-order chi connectivity index (χ0) is 22.4. The first-order valence-corrected chi connectivity index (χ1v) is 11.5. The van der Waals surface area contributed by atoms with Gasteiger partial charge in [-0.3, -0.25) is 4.79 Å². The van der Waals surface area contributed by atoms with Gasteiger partial charge in [-0.15, -0.1) is 0 Å². The Morgan fingerprint density at radius 2 is 1.74 bits per heavy atom. The lowest BCUT2D eigenvalue weighted by Gasteiger charge is -2.14. The molecule has 0 spiro atoms. The van der Waals surface area contributed by atoms with Gasteiger partial charge in [-0.05, 0) is 54.7 Å². The molecular weight excluding hydrogens is 415 g/mol. The molecule has 0 fully saturated rings. The number of anilines is 1. The molecule has 0 atom stereocenters. The summed E-state index contributed by atoms with van der Waals surface area (Å²) in [7, 11) is -3.89. The lowest BCUT2D eigenvalue weighted by molar-refractivity contribution is 0.102. The molecule has 7 heteroatoms. The summed E-state index contributed by atoms with van der Waals surface area (Å²) >= 11 is 0. The third-order valence-corrected chi connectivity index (χ3v) is 6.48. The van der Waals surface area contributed by atoms with E-state index in [-0.39, 0.29) is 17.0 Å². The fraction of sp³-hybridized carbons (Fsp3) is 0.208. The van der Waals surface area contributed by atoms with Crippen LogP contribution in [-0.2, 0) is 22.9 Å². The van der Waals surface area contributed by atoms with E-state index in [1.165, 1.54) is 0 Å². The van der Waals surface area contributed by atoms with Crippen molar-refractivity contribution in [1.29, 1.82) is 0 Å². The highest BCUT2D eigenvalue weighted by Crippen LogP contribution is 2.23. The van der Waals surface area contributed by atoms with Crippen LogP contribution >= 0.6 is 0 Å². The van der Waals surface area contributed by atoms with Crippen LogP contribution in [0.2, 0.25) is 0 Å². The molecule has 0 unspecified atom stereocenters. The van der Waals surface area contributed by atoms with Gasteiger partial charge in [0.15, 0.2) is 0 Å². The lowest BCUT2D eigenvalue weighted by Crippen LogP contribution is -2.26. The highest BCUT2D eigenvalue weighted by molar-refractivity contribution is 7.89. The van der Waals surface area contributed by atoms with Crippen LogP contribution in [0, 0.1) is 12.7 Å².